The molecule has 2 aliphatic carbocycles. The van der Waals surface area contributed by atoms with E-state index in [1.165, 1.54) is 18.9 Å². The van der Waals surface area contributed by atoms with Crippen LogP contribution in [0.15, 0.2) is 30.3 Å². The third-order valence-corrected chi connectivity index (χ3v) is 6.21. The fraction of sp³-hybridized carbons (Fsp3) is 0.455. The Labute approximate surface area is 174 Å². The summed E-state index contributed by atoms with van der Waals surface area (Å²) in [6.07, 6.45) is 6.52. The first-order valence-corrected chi connectivity index (χ1v) is 10.8. The Hall–Kier alpha value is -3.03. The molecule has 8 heteroatoms. The summed E-state index contributed by atoms with van der Waals surface area (Å²) < 4.78 is 14.5. The summed E-state index contributed by atoms with van der Waals surface area (Å²) in [5.74, 6) is 3.50. The van der Waals surface area contributed by atoms with Crippen LogP contribution in [0.4, 0.5) is 22.1 Å². The van der Waals surface area contributed by atoms with Crippen molar-refractivity contribution in [2.24, 2.45) is 0 Å². The second-order valence-electron chi connectivity index (χ2n) is 8.57. The maximum absolute atomic E-state index is 14.5. The molecule has 0 spiro atoms. The lowest BCUT2D eigenvalue weighted by molar-refractivity contribution is 0.577. The number of hydrogen-bond donors (Lipinski definition) is 2. The minimum absolute atomic E-state index is 0.0552. The zero-order valence-electron chi connectivity index (χ0n) is 16.7. The average Bonchev–Trinajstić information content (AvgIpc) is 3.69. The molecule has 1 atom stereocenters. The monoisotopic (exact) mass is 405 g/mol. The molecule has 3 aliphatic rings. The molecule has 0 radical (unpaired) electrons. The van der Waals surface area contributed by atoms with Crippen molar-refractivity contribution >= 4 is 17.7 Å². The van der Waals surface area contributed by atoms with Gasteiger partial charge in [0.05, 0.1) is 6.04 Å². The Kier molecular flexibility index (Phi) is 4.17. The van der Waals surface area contributed by atoms with Crippen LogP contribution in [0.5, 0.6) is 0 Å². The van der Waals surface area contributed by atoms with E-state index >= 15 is 0 Å². The van der Waals surface area contributed by atoms with Gasteiger partial charge in [-0.3, -0.25) is 5.10 Å². The minimum atomic E-state index is -0.173. The van der Waals surface area contributed by atoms with Crippen LogP contribution in [0, 0.1) is 5.82 Å². The lowest BCUT2D eigenvalue weighted by Gasteiger charge is -2.26. The number of hydrogen-bond acceptors (Lipinski definition) is 6. The molecular formula is C22H24FN7. The number of aromatic nitrogens is 5. The first-order chi connectivity index (χ1) is 14.7. The van der Waals surface area contributed by atoms with Gasteiger partial charge in [-0.05, 0) is 44.6 Å². The van der Waals surface area contributed by atoms with Gasteiger partial charge in [-0.1, -0.05) is 18.2 Å². The van der Waals surface area contributed by atoms with Gasteiger partial charge in [-0.15, -0.1) is 0 Å². The molecule has 2 aromatic heterocycles. The summed E-state index contributed by atoms with van der Waals surface area (Å²) in [6, 6.07) is 8.99. The maximum Gasteiger partial charge on any atom is 0.233 e. The maximum atomic E-state index is 14.5. The molecule has 3 fully saturated rings. The second-order valence-corrected chi connectivity index (χ2v) is 8.57. The van der Waals surface area contributed by atoms with E-state index < -0.39 is 0 Å². The SMILES string of the molecule is Fc1ccccc1C1CCCN1c1nc(Nc2cc(C3CC3)[nH]n2)nc(C2CC2)n1. The minimum Gasteiger partial charge on any atom is -0.334 e. The predicted molar refractivity (Wildman–Crippen MR) is 111 cm³/mol. The number of halogens is 1. The molecule has 1 unspecified atom stereocenters. The van der Waals surface area contributed by atoms with Crippen molar-refractivity contribution in [1.29, 1.82) is 0 Å². The summed E-state index contributed by atoms with van der Waals surface area (Å²) in [5.41, 5.74) is 1.87. The molecule has 1 aromatic carbocycles. The third kappa shape index (κ3) is 3.40. The van der Waals surface area contributed by atoms with Gasteiger partial charge in [0, 0.05) is 35.7 Å². The number of benzene rings is 1. The molecule has 0 amide bonds. The van der Waals surface area contributed by atoms with E-state index in [0.29, 0.717) is 29.3 Å². The molecule has 1 aliphatic heterocycles. The van der Waals surface area contributed by atoms with Gasteiger partial charge in [0.1, 0.15) is 11.6 Å². The molecule has 2 N–H and O–H groups in total. The zero-order chi connectivity index (χ0) is 20.1. The highest BCUT2D eigenvalue weighted by Crippen LogP contribution is 2.42. The Balaban J connectivity index is 1.32. The van der Waals surface area contributed by atoms with Gasteiger partial charge < -0.3 is 10.2 Å². The average molecular weight is 405 g/mol. The highest BCUT2D eigenvalue weighted by atomic mass is 19.1. The van der Waals surface area contributed by atoms with Crippen LogP contribution in [-0.4, -0.2) is 31.7 Å². The van der Waals surface area contributed by atoms with Crippen LogP contribution in [0.1, 0.15) is 73.5 Å². The van der Waals surface area contributed by atoms with Crippen molar-refractivity contribution in [3.63, 3.8) is 0 Å². The molecule has 0 bridgehead atoms. The van der Waals surface area contributed by atoms with Gasteiger partial charge >= 0.3 is 0 Å². The van der Waals surface area contributed by atoms with E-state index in [-0.39, 0.29) is 11.9 Å². The van der Waals surface area contributed by atoms with Crippen molar-refractivity contribution in [3.8, 4) is 0 Å². The molecule has 3 heterocycles. The van der Waals surface area contributed by atoms with Crippen molar-refractivity contribution < 1.29 is 4.39 Å². The van der Waals surface area contributed by atoms with Crippen LogP contribution in [0.3, 0.4) is 0 Å². The number of H-pyrrole nitrogens is 1. The quantitative estimate of drug-likeness (QED) is 0.625. The Morgan fingerprint density at radius 3 is 2.63 bits per heavy atom. The smallest absolute Gasteiger partial charge is 0.233 e. The van der Waals surface area contributed by atoms with Gasteiger partial charge in [0.2, 0.25) is 11.9 Å². The van der Waals surface area contributed by atoms with Gasteiger partial charge in [-0.25, -0.2) is 4.39 Å². The lowest BCUT2D eigenvalue weighted by atomic mass is 10.0. The van der Waals surface area contributed by atoms with Crippen molar-refractivity contribution in [2.75, 3.05) is 16.8 Å². The molecule has 1 saturated heterocycles. The molecule has 2 saturated carbocycles. The van der Waals surface area contributed by atoms with E-state index in [1.807, 2.05) is 18.2 Å². The number of nitrogens with zero attached hydrogens (tertiary/aromatic N) is 5. The lowest BCUT2D eigenvalue weighted by Crippen LogP contribution is -2.26. The largest absolute Gasteiger partial charge is 0.334 e. The Morgan fingerprint density at radius 1 is 1.00 bits per heavy atom. The standard InChI is InChI=1S/C22H24FN7/c23-16-5-2-1-4-15(16)18-6-3-11-30(18)22-26-20(14-9-10-14)25-21(27-22)24-19-12-17(28-29-19)13-7-8-13/h1-2,4-5,12-14,18H,3,6-11H2,(H2,24,25,26,27,28,29). The molecular weight excluding hydrogens is 381 g/mol. The first kappa shape index (κ1) is 17.8. The second kappa shape index (κ2) is 7.04. The number of nitrogens with one attached hydrogen (secondary N) is 2. The van der Waals surface area contributed by atoms with Crippen LogP contribution < -0.4 is 10.2 Å². The van der Waals surface area contributed by atoms with E-state index in [1.54, 1.807) is 6.07 Å². The van der Waals surface area contributed by atoms with E-state index in [9.17, 15) is 4.39 Å². The fourth-order valence-electron chi connectivity index (χ4n) is 4.28. The van der Waals surface area contributed by atoms with Crippen LogP contribution >= 0.6 is 0 Å². The predicted octanol–water partition coefficient (Wildman–Crippen LogP) is 4.57. The normalized spacial score (nSPS) is 21.2. The fourth-order valence-corrected chi connectivity index (χ4v) is 4.28. The molecule has 30 heavy (non-hydrogen) atoms. The topological polar surface area (TPSA) is 82.6 Å². The van der Waals surface area contributed by atoms with Crippen LogP contribution in [0.25, 0.3) is 0 Å². The zero-order valence-corrected chi connectivity index (χ0v) is 16.7. The van der Waals surface area contributed by atoms with Crippen molar-refractivity contribution in [1.82, 2.24) is 25.1 Å². The Bertz CT molecular complexity index is 1070. The number of rotatable bonds is 6. The summed E-state index contributed by atoms with van der Waals surface area (Å²) in [4.78, 5) is 16.3. The van der Waals surface area contributed by atoms with E-state index in [0.717, 1.165) is 49.6 Å². The highest BCUT2D eigenvalue weighted by Gasteiger charge is 2.33. The van der Waals surface area contributed by atoms with Gasteiger partial charge in [0.15, 0.2) is 5.82 Å². The summed E-state index contributed by atoms with van der Waals surface area (Å²) in [7, 11) is 0. The van der Waals surface area contributed by atoms with Crippen LogP contribution in [-0.2, 0) is 0 Å². The van der Waals surface area contributed by atoms with E-state index in [2.05, 4.69) is 25.4 Å². The van der Waals surface area contributed by atoms with E-state index in [4.69, 9.17) is 9.97 Å². The first-order valence-electron chi connectivity index (χ1n) is 10.8. The third-order valence-electron chi connectivity index (χ3n) is 6.21. The Morgan fingerprint density at radius 2 is 1.83 bits per heavy atom. The molecule has 6 rings (SSSR count). The van der Waals surface area contributed by atoms with Gasteiger partial charge in [0.25, 0.3) is 0 Å². The molecule has 154 valence electrons. The number of aromatic amines is 1. The summed E-state index contributed by atoms with van der Waals surface area (Å²) >= 11 is 0. The van der Waals surface area contributed by atoms with Crippen molar-refractivity contribution in [2.45, 2.75) is 56.4 Å². The van der Waals surface area contributed by atoms with Crippen LogP contribution in [0.2, 0.25) is 0 Å². The van der Waals surface area contributed by atoms with Crippen molar-refractivity contribution in [3.05, 3.63) is 53.2 Å². The molecule has 3 aromatic rings. The molecule has 7 nitrogen and oxygen atoms in total. The number of anilines is 3. The summed E-state index contributed by atoms with van der Waals surface area (Å²) in [6.45, 7) is 0.806. The highest BCUT2D eigenvalue weighted by molar-refractivity contribution is 5.51. The van der Waals surface area contributed by atoms with Gasteiger partial charge in [-0.2, -0.15) is 20.1 Å². The summed E-state index contributed by atoms with van der Waals surface area (Å²) in [5, 5.41) is 10.7.